The fraction of sp³-hybridized carbons (Fsp3) is 0.731. The van der Waals surface area contributed by atoms with Gasteiger partial charge in [-0.15, -0.1) is 0 Å². The van der Waals surface area contributed by atoms with Gasteiger partial charge in [-0.05, 0) is 5.53 Å². The van der Waals surface area contributed by atoms with E-state index in [9.17, 15) is 39.1 Å². The van der Waals surface area contributed by atoms with E-state index in [1.54, 1.807) is 0 Å². The third-order valence-corrected chi connectivity index (χ3v) is 6.08. The van der Waals surface area contributed by atoms with E-state index in [-0.39, 0.29) is 0 Å². The van der Waals surface area contributed by atoms with Crippen LogP contribution in [0.25, 0.3) is 10.4 Å². The van der Waals surface area contributed by atoms with Crippen molar-refractivity contribution in [2.24, 2.45) is 5.11 Å². The number of carbonyl (C=O) groups is 7. The Morgan fingerprint density at radius 2 is 0.957 bits per heavy atom. The summed E-state index contributed by atoms with van der Waals surface area (Å²) < 4.78 is 54.6. The van der Waals surface area contributed by atoms with Crippen LogP contribution in [0.3, 0.4) is 0 Å². The van der Waals surface area contributed by atoms with Gasteiger partial charge in [0.1, 0.15) is 37.6 Å². The van der Waals surface area contributed by atoms with E-state index in [1.165, 1.54) is 0 Å². The topological polar surface area (TPSA) is 261 Å². The molecule has 2 fully saturated rings. The first-order chi connectivity index (χ1) is 21.5. The van der Waals surface area contributed by atoms with Crippen molar-refractivity contribution in [2.75, 3.05) is 13.2 Å². The Morgan fingerprint density at radius 3 is 1.41 bits per heavy atom. The predicted octanol–water partition coefficient (Wildman–Crippen LogP) is -0.0836. The molecule has 10 atom stereocenters. The van der Waals surface area contributed by atoms with Crippen LogP contribution in [0.15, 0.2) is 5.11 Å². The molecule has 0 spiro atoms. The summed E-state index contributed by atoms with van der Waals surface area (Å²) >= 11 is 0. The molecule has 2 saturated heterocycles. The first-order valence-electron chi connectivity index (χ1n) is 13.7. The highest BCUT2D eigenvalue weighted by molar-refractivity contribution is 5.69. The number of carbonyl (C=O) groups excluding carboxylic acids is 7. The second kappa shape index (κ2) is 17.2. The number of rotatable bonds is 12. The number of hydrogen-bond acceptors (Lipinski definition) is 18. The summed E-state index contributed by atoms with van der Waals surface area (Å²) in [6.07, 6.45) is -14.6. The van der Waals surface area contributed by atoms with Crippen molar-refractivity contribution in [3.05, 3.63) is 10.4 Å². The van der Waals surface area contributed by atoms with E-state index in [4.69, 9.17) is 47.4 Å². The van der Waals surface area contributed by atoms with Gasteiger partial charge < -0.3 is 47.4 Å². The van der Waals surface area contributed by atoms with E-state index < -0.39 is 116 Å². The Kier molecular flexibility index (Phi) is 14.1. The number of ether oxygens (including phenoxy) is 10. The molecule has 0 aromatic heterocycles. The maximum atomic E-state index is 12.3. The lowest BCUT2D eigenvalue weighted by molar-refractivity contribution is -0.349. The first-order valence-corrected chi connectivity index (χ1v) is 13.7. The first kappa shape index (κ1) is 37.7. The quantitative estimate of drug-likeness (QED) is 0.0870. The number of azide groups is 1. The van der Waals surface area contributed by atoms with E-state index >= 15 is 0 Å². The van der Waals surface area contributed by atoms with Crippen LogP contribution in [-0.4, -0.2) is 116 Å². The highest BCUT2D eigenvalue weighted by atomic mass is 16.8. The molecule has 2 aliphatic heterocycles. The summed E-state index contributed by atoms with van der Waals surface area (Å²) in [4.78, 5) is 86.7. The van der Waals surface area contributed by atoms with E-state index in [0.717, 1.165) is 48.5 Å². The van der Waals surface area contributed by atoms with Gasteiger partial charge in [-0.3, -0.25) is 33.6 Å². The summed E-state index contributed by atoms with van der Waals surface area (Å²) in [5, 5.41) is 3.60. The van der Waals surface area contributed by atoms with E-state index in [0.29, 0.717) is 0 Å². The molecule has 2 rings (SSSR count). The smallest absolute Gasteiger partial charge is 0.305 e. The van der Waals surface area contributed by atoms with Crippen LogP contribution in [0.4, 0.5) is 0 Å². The molecule has 0 saturated carbocycles. The second-order valence-corrected chi connectivity index (χ2v) is 9.89. The van der Waals surface area contributed by atoms with Crippen molar-refractivity contribution in [1.29, 1.82) is 0 Å². The molecule has 0 aromatic carbocycles. The average Bonchev–Trinajstić information content (AvgIpc) is 2.91. The molecule has 20 nitrogen and oxygen atoms in total. The Labute approximate surface area is 261 Å². The van der Waals surface area contributed by atoms with Gasteiger partial charge in [0.2, 0.25) is 12.4 Å². The Morgan fingerprint density at radius 1 is 0.543 bits per heavy atom. The lowest BCUT2D eigenvalue weighted by atomic mass is 9.95. The van der Waals surface area contributed by atoms with Crippen molar-refractivity contribution >= 4 is 41.8 Å². The lowest BCUT2D eigenvalue weighted by Crippen LogP contribution is -2.66. The van der Waals surface area contributed by atoms with Crippen LogP contribution in [0.5, 0.6) is 0 Å². The van der Waals surface area contributed by atoms with Gasteiger partial charge in [0.05, 0.1) is 0 Å². The molecule has 0 amide bonds. The lowest BCUT2D eigenvalue weighted by Gasteiger charge is -2.48. The number of hydrogen-bond donors (Lipinski definition) is 0. The molecule has 0 bridgehead atoms. The van der Waals surface area contributed by atoms with Gasteiger partial charge >= 0.3 is 41.8 Å². The summed E-state index contributed by atoms with van der Waals surface area (Å²) in [5.41, 5.74) is 9.24. The van der Waals surface area contributed by atoms with Gasteiger partial charge in [-0.1, -0.05) is 5.11 Å². The molecular formula is C26H35N3O17. The van der Waals surface area contributed by atoms with Crippen LogP contribution < -0.4 is 0 Å². The fourth-order valence-electron chi connectivity index (χ4n) is 4.61. The van der Waals surface area contributed by atoms with Gasteiger partial charge in [0, 0.05) is 53.4 Å². The van der Waals surface area contributed by atoms with E-state index in [2.05, 4.69) is 10.0 Å². The van der Waals surface area contributed by atoms with Crippen molar-refractivity contribution in [3.8, 4) is 0 Å². The summed E-state index contributed by atoms with van der Waals surface area (Å²) in [7, 11) is 0. The highest BCUT2D eigenvalue weighted by Crippen LogP contribution is 2.35. The van der Waals surface area contributed by atoms with Crippen molar-refractivity contribution in [2.45, 2.75) is 110 Å². The SMILES string of the molecule is CC(=O)OCC1O[C@H](O[C@@H]2C(COC(C)=O)O[C@@H](OC(C)=O)C(OC(C)=O)[C@H]2OC(C)=O)C(OC(C)=O)[C@@H](OC(C)=O)[C@@H]1N=[N+]=[N-]. The highest BCUT2D eigenvalue weighted by Gasteiger charge is 2.57. The van der Waals surface area contributed by atoms with Gasteiger partial charge in [0.15, 0.2) is 24.6 Å². The largest absolute Gasteiger partial charge is 0.463 e. The molecule has 0 aliphatic carbocycles. The summed E-state index contributed by atoms with van der Waals surface area (Å²) in [6, 6.07) is -1.44. The van der Waals surface area contributed by atoms with Crippen molar-refractivity contribution in [3.63, 3.8) is 0 Å². The molecule has 46 heavy (non-hydrogen) atoms. The minimum atomic E-state index is -1.81. The summed E-state index contributed by atoms with van der Waals surface area (Å²) in [6.45, 7) is 6.05. The molecule has 0 aromatic rings. The maximum absolute atomic E-state index is 12.3. The van der Waals surface area contributed by atoms with Crippen LogP contribution in [0.2, 0.25) is 0 Å². The molecule has 2 heterocycles. The summed E-state index contributed by atoms with van der Waals surface area (Å²) in [5.74, 6) is -6.11. The molecule has 20 heteroatoms. The normalized spacial score (nSPS) is 30.3. The third-order valence-electron chi connectivity index (χ3n) is 6.08. The zero-order valence-corrected chi connectivity index (χ0v) is 26.0. The van der Waals surface area contributed by atoms with Crippen LogP contribution in [0.1, 0.15) is 48.5 Å². The number of nitrogens with zero attached hydrogens (tertiary/aromatic N) is 3. The zero-order chi connectivity index (χ0) is 34.7. The van der Waals surface area contributed by atoms with Gasteiger partial charge in [0.25, 0.3) is 0 Å². The maximum Gasteiger partial charge on any atom is 0.305 e. The van der Waals surface area contributed by atoms with E-state index in [1.807, 2.05) is 0 Å². The molecule has 2 aliphatic rings. The zero-order valence-electron chi connectivity index (χ0n) is 26.0. The van der Waals surface area contributed by atoms with Crippen LogP contribution >= 0.6 is 0 Å². The second-order valence-electron chi connectivity index (χ2n) is 9.89. The van der Waals surface area contributed by atoms with Crippen molar-refractivity contribution in [1.82, 2.24) is 0 Å². The van der Waals surface area contributed by atoms with Crippen LogP contribution in [0, 0.1) is 0 Å². The fourth-order valence-corrected chi connectivity index (χ4v) is 4.61. The molecular weight excluding hydrogens is 626 g/mol. The van der Waals surface area contributed by atoms with Crippen LogP contribution in [-0.2, 0) is 80.9 Å². The third kappa shape index (κ3) is 11.1. The standard InChI is InChI=1S/C26H35N3O17/c1-10(30)37-8-17-19(28-29-27)21(39-12(3)32)23(41-14(5)34)26(44-17)46-20-18(9-38-11(2)31)45-25(43-16(7)36)24(42-15(6)35)22(20)40-13(4)33/h17-26H,8-9H2,1-7H3/t17?,18?,19-,20-,21+,22+,23?,24?,25-,26-/m1/s1. The van der Waals surface area contributed by atoms with Crippen molar-refractivity contribution < 1.29 is 80.9 Å². The predicted molar refractivity (Wildman–Crippen MR) is 142 cm³/mol. The van der Waals surface area contributed by atoms with Gasteiger partial charge in [-0.2, -0.15) is 0 Å². The monoisotopic (exact) mass is 661 g/mol. The Hall–Kier alpha value is -4.52. The Bertz CT molecular complexity index is 1220. The molecule has 0 N–H and O–H groups in total. The molecule has 0 radical (unpaired) electrons. The number of esters is 7. The average molecular weight is 662 g/mol. The molecule has 256 valence electrons. The minimum Gasteiger partial charge on any atom is -0.463 e. The molecule has 4 unspecified atom stereocenters. The van der Waals surface area contributed by atoms with Gasteiger partial charge in [-0.25, -0.2) is 0 Å². The minimum absolute atomic E-state index is 0.570. The Balaban J connectivity index is 2.72.